The lowest BCUT2D eigenvalue weighted by atomic mass is 9.92. The van der Waals surface area contributed by atoms with Gasteiger partial charge in [-0.15, -0.1) is 0 Å². The van der Waals surface area contributed by atoms with Crippen molar-refractivity contribution >= 4 is 28.2 Å². The van der Waals surface area contributed by atoms with Crippen LogP contribution in [0.2, 0.25) is 5.02 Å². The molecule has 5 rings (SSSR count). The normalized spacial score (nSPS) is 13.0. The number of pyridine rings is 2. The summed E-state index contributed by atoms with van der Waals surface area (Å²) in [6, 6.07) is 8.62. The highest BCUT2D eigenvalue weighted by Crippen LogP contribution is 2.34. The summed E-state index contributed by atoms with van der Waals surface area (Å²) < 4.78 is 21.3. The van der Waals surface area contributed by atoms with E-state index in [0.29, 0.717) is 11.6 Å². The van der Waals surface area contributed by atoms with Gasteiger partial charge in [0.25, 0.3) is 11.6 Å². The molecule has 0 saturated carbocycles. The highest BCUT2D eigenvalue weighted by Gasteiger charge is 2.18. The van der Waals surface area contributed by atoms with Crippen LogP contribution >= 0.6 is 11.6 Å². The zero-order chi connectivity index (χ0) is 23.7. The largest absolute Gasteiger partial charge is 0.463 e. The molecular formula is C25H23ClFN5O2. The third-order valence-electron chi connectivity index (χ3n) is 6.00. The quantitative estimate of drug-likeness (QED) is 0.408. The second-order valence-corrected chi connectivity index (χ2v) is 8.67. The van der Waals surface area contributed by atoms with Gasteiger partial charge in [-0.25, -0.2) is 4.39 Å². The van der Waals surface area contributed by atoms with E-state index < -0.39 is 5.82 Å². The molecule has 3 aromatic heterocycles. The molecule has 34 heavy (non-hydrogen) atoms. The molecule has 0 spiro atoms. The maximum atomic E-state index is 14.1. The zero-order valence-electron chi connectivity index (χ0n) is 18.6. The second-order valence-electron chi connectivity index (χ2n) is 8.23. The third-order valence-corrected chi connectivity index (χ3v) is 6.24. The molecule has 9 heteroatoms. The van der Waals surface area contributed by atoms with Gasteiger partial charge in [-0.2, -0.15) is 4.98 Å². The molecule has 1 aliphatic rings. The van der Waals surface area contributed by atoms with Crippen LogP contribution in [0.15, 0.2) is 47.5 Å². The molecule has 0 bridgehead atoms. The first-order valence-electron chi connectivity index (χ1n) is 11.2. The molecule has 174 valence electrons. The van der Waals surface area contributed by atoms with E-state index in [4.69, 9.17) is 21.3 Å². The van der Waals surface area contributed by atoms with Gasteiger partial charge >= 0.3 is 0 Å². The average Bonchev–Trinajstić information content (AvgIpc) is 2.83. The Bertz CT molecular complexity index is 1440. The van der Waals surface area contributed by atoms with Crippen molar-refractivity contribution in [1.29, 1.82) is 0 Å². The monoisotopic (exact) mass is 479 g/mol. The molecule has 4 aromatic rings. The number of fused-ring (bicyclic) bond motifs is 2. The summed E-state index contributed by atoms with van der Waals surface area (Å²) in [6.07, 6.45) is 6.72. The summed E-state index contributed by atoms with van der Waals surface area (Å²) in [4.78, 5) is 25.3. The van der Waals surface area contributed by atoms with Gasteiger partial charge in [-0.1, -0.05) is 11.6 Å². The molecule has 3 heterocycles. The van der Waals surface area contributed by atoms with Crippen LogP contribution in [0.1, 0.15) is 24.1 Å². The van der Waals surface area contributed by atoms with Crippen molar-refractivity contribution in [1.82, 2.24) is 19.5 Å². The fraction of sp³-hybridized carbons (Fsp3) is 0.280. The molecule has 7 nitrogen and oxygen atoms in total. The van der Waals surface area contributed by atoms with Gasteiger partial charge in [0.05, 0.1) is 17.4 Å². The standard InChI is InChI=1S/C25H23ClFN5O2/c1-32-23(33)13-22(16-8-9-28-14-19(16)27)31-25(32)34-11-10-29-24-17-4-2-3-5-20(17)30-21-12-15(26)6-7-18(21)24/h6-9,12-14H,2-5,10-11H2,1H3,(H,29,30). The molecule has 0 aliphatic heterocycles. The summed E-state index contributed by atoms with van der Waals surface area (Å²) >= 11 is 6.20. The van der Waals surface area contributed by atoms with Gasteiger partial charge in [0.2, 0.25) is 0 Å². The van der Waals surface area contributed by atoms with E-state index in [9.17, 15) is 9.18 Å². The van der Waals surface area contributed by atoms with Crippen LogP contribution < -0.4 is 15.6 Å². The minimum absolute atomic E-state index is 0.119. The molecule has 1 aliphatic carbocycles. The number of hydrogen-bond acceptors (Lipinski definition) is 6. The van der Waals surface area contributed by atoms with Crippen molar-refractivity contribution < 1.29 is 9.13 Å². The molecular weight excluding hydrogens is 457 g/mol. The SMILES string of the molecule is Cn1c(OCCNc2c3c(nc4cc(Cl)ccc24)CCCC3)nc(-c2ccncc2F)cc1=O. The lowest BCUT2D eigenvalue weighted by Gasteiger charge is -2.22. The molecule has 0 radical (unpaired) electrons. The van der Waals surface area contributed by atoms with Crippen LogP contribution in [-0.2, 0) is 19.9 Å². The summed E-state index contributed by atoms with van der Waals surface area (Å²) in [5.74, 6) is -0.551. The number of benzene rings is 1. The Morgan fingerprint density at radius 3 is 2.88 bits per heavy atom. The minimum atomic E-state index is -0.551. The number of rotatable bonds is 6. The number of nitrogens with zero attached hydrogens (tertiary/aromatic N) is 4. The smallest absolute Gasteiger partial charge is 0.299 e. The fourth-order valence-corrected chi connectivity index (χ4v) is 4.45. The van der Waals surface area contributed by atoms with Gasteiger partial charge in [0, 0.05) is 53.2 Å². The average molecular weight is 480 g/mol. The number of aromatic nitrogens is 4. The topological polar surface area (TPSA) is 81.9 Å². The lowest BCUT2D eigenvalue weighted by molar-refractivity contribution is 0.290. The number of ether oxygens (including phenoxy) is 1. The van der Waals surface area contributed by atoms with E-state index in [2.05, 4.69) is 15.3 Å². The summed E-state index contributed by atoms with van der Waals surface area (Å²) in [6.45, 7) is 0.743. The number of aryl methyl sites for hydroxylation is 1. The summed E-state index contributed by atoms with van der Waals surface area (Å²) in [5.41, 5.74) is 4.33. The van der Waals surface area contributed by atoms with Crippen LogP contribution in [0.3, 0.4) is 0 Å². The maximum absolute atomic E-state index is 14.1. The Kier molecular flexibility index (Phi) is 6.15. The zero-order valence-corrected chi connectivity index (χ0v) is 19.4. The highest BCUT2D eigenvalue weighted by molar-refractivity contribution is 6.31. The third kappa shape index (κ3) is 4.33. The lowest BCUT2D eigenvalue weighted by Crippen LogP contribution is -2.22. The minimum Gasteiger partial charge on any atom is -0.463 e. The summed E-state index contributed by atoms with van der Waals surface area (Å²) in [7, 11) is 1.57. The Hall–Kier alpha value is -3.52. The van der Waals surface area contributed by atoms with Crippen molar-refractivity contribution in [2.75, 3.05) is 18.5 Å². The number of anilines is 1. The molecule has 0 amide bonds. The molecule has 0 saturated heterocycles. The number of halogens is 2. The molecule has 1 N–H and O–H groups in total. The van der Waals surface area contributed by atoms with Crippen molar-refractivity contribution in [2.24, 2.45) is 7.05 Å². The fourth-order valence-electron chi connectivity index (χ4n) is 4.29. The summed E-state index contributed by atoms with van der Waals surface area (Å²) in [5, 5.41) is 5.18. The van der Waals surface area contributed by atoms with E-state index in [0.717, 1.165) is 54.2 Å². The van der Waals surface area contributed by atoms with Crippen LogP contribution in [0, 0.1) is 5.82 Å². The van der Waals surface area contributed by atoms with Crippen molar-refractivity contribution in [2.45, 2.75) is 25.7 Å². The Morgan fingerprint density at radius 2 is 2.03 bits per heavy atom. The van der Waals surface area contributed by atoms with E-state index in [1.165, 1.54) is 28.5 Å². The predicted octanol–water partition coefficient (Wildman–Crippen LogP) is 4.55. The molecule has 0 unspecified atom stereocenters. The molecule has 1 aromatic carbocycles. The van der Waals surface area contributed by atoms with Crippen molar-refractivity contribution in [3.8, 4) is 17.3 Å². The first-order chi connectivity index (χ1) is 16.5. The van der Waals surface area contributed by atoms with Gasteiger partial charge in [0.15, 0.2) is 5.82 Å². The van der Waals surface area contributed by atoms with Crippen molar-refractivity contribution in [3.05, 3.63) is 75.2 Å². The van der Waals surface area contributed by atoms with Crippen molar-refractivity contribution in [3.63, 3.8) is 0 Å². The van der Waals surface area contributed by atoms with E-state index in [1.807, 2.05) is 18.2 Å². The number of nitrogens with one attached hydrogen (secondary N) is 1. The molecule has 0 fully saturated rings. The van der Waals surface area contributed by atoms with Crippen LogP contribution in [-0.4, -0.2) is 32.7 Å². The number of hydrogen-bond donors (Lipinski definition) is 1. The molecule has 0 atom stereocenters. The second kappa shape index (κ2) is 9.38. The van der Waals surface area contributed by atoms with Gasteiger partial charge in [-0.05, 0) is 55.5 Å². The van der Waals surface area contributed by atoms with Crippen LogP contribution in [0.4, 0.5) is 10.1 Å². The van der Waals surface area contributed by atoms with Crippen LogP contribution in [0.5, 0.6) is 6.01 Å². The Labute approximate surface area is 200 Å². The van der Waals surface area contributed by atoms with Crippen LogP contribution in [0.25, 0.3) is 22.2 Å². The van der Waals surface area contributed by atoms with Gasteiger partial charge in [0.1, 0.15) is 6.61 Å². The maximum Gasteiger partial charge on any atom is 0.299 e. The first kappa shape index (κ1) is 22.3. The van der Waals surface area contributed by atoms with E-state index >= 15 is 0 Å². The highest BCUT2D eigenvalue weighted by atomic mass is 35.5. The van der Waals surface area contributed by atoms with Gasteiger partial charge in [-0.3, -0.25) is 19.3 Å². The predicted molar refractivity (Wildman–Crippen MR) is 130 cm³/mol. The Morgan fingerprint density at radius 1 is 1.18 bits per heavy atom. The Balaban J connectivity index is 1.37. The van der Waals surface area contributed by atoms with Gasteiger partial charge < -0.3 is 10.1 Å². The van der Waals surface area contributed by atoms with E-state index in [1.54, 1.807) is 7.05 Å². The first-order valence-corrected chi connectivity index (χ1v) is 11.5. The van der Waals surface area contributed by atoms with E-state index in [-0.39, 0.29) is 29.4 Å².